The highest BCUT2D eigenvalue weighted by Crippen LogP contribution is 2.00. The first-order valence-electron chi connectivity index (χ1n) is 6.74. The van der Waals surface area contributed by atoms with Crippen LogP contribution < -0.4 is 0 Å². The maximum atomic E-state index is 10.6. The van der Waals surface area contributed by atoms with Crippen molar-refractivity contribution in [2.24, 2.45) is 0 Å². The zero-order chi connectivity index (χ0) is 11.9. The summed E-state index contributed by atoms with van der Waals surface area (Å²) in [4.78, 5) is 10.6. The molecule has 0 saturated heterocycles. The second kappa shape index (κ2) is 16.1. The van der Waals surface area contributed by atoms with Crippen LogP contribution in [0.4, 0.5) is 0 Å². The van der Waals surface area contributed by atoms with E-state index in [1.54, 1.807) is 0 Å². The molecule has 0 aromatic heterocycles. The third kappa shape index (κ3) is 19.9. The average molecular weight is 214 g/mol. The Morgan fingerprint density at radius 2 is 1.07 bits per heavy atom. The van der Waals surface area contributed by atoms with Gasteiger partial charge in [-0.3, -0.25) is 4.79 Å². The minimum atomic E-state index is 0.412. The lowest BCUT2D eigenvalue weighted by atomic mass is 10.1. The van der Waals surface area contributed by atoms with E-state index >= 15 is 0 Å². The maximum Gasteiger partial charge on any atom is 0.132 e. The first-order valence-corrected chi connectivity index (χ1v) is 6.74. The zero-order valence-corrected chi connectivity index (χ0v) is 11.3. The van der Waals surface area contributed by atoms with Crippen molar-refractivity contribution >= 4 is 5.78 Å². The van der Waals surface area contributed by atoms with E-state index in [0.29, 0.717) is 5.78 Å². The van der Waals surface area contributed by atoms with Gasteiger partial charge in [0.05, 0.1) is 0 Å². The van der Waals surface area contributed by atoms with Gasteiger partial charge in [0.2, 0.25) is 0 Å². The third-order valence-corrected chi connectivity index (χ3v) is 2.26. The quantitative estimate of drug-likeness (QED) is 0.512. The van der Waals surface area contributed by atoms with Crippen LogP contribution in [0.1, 0.15) is 85.5 Å². The Balaban J connectivity index is 0. The number of hydrogen-bond donors (Lipinski definition) is 0. The molecule has 0 radical (unpaired) electrons. The molecule has 0 saturated carbocycles. The number of ketones is 1. The van der Waals surface area contributed by atoms with Gasteiger partial charge >= 0.3 is 0 Å². The molecule has 0 aromatic carbocycles. The summed E-state index contributed by atoms with van der Waals surface area (Å²) in [5.41, 5.74) is 0. The van der Waals surface area contributed by atoms with Crippen LogP contribution >= 0.6 is 0 Å². The Kier molecular flexibility index (Phi) is 18.3. The summed E-state index contributed by atoms with van der Waals surface area (Å²) in [7, 11) is 0. The van der Waals surface area contributed by atoms with E-state index in [2.05, 4.69) is 13.8 Å². The normalized spacial score (nSPS) is 9.33. The van der Waals surface area contributed by atoms with Crippen LogP contribution in [0.5, 0.6) is 0 Å². The Labute approximate surface area is 96.7 Å². The summed E-state index contributed by atoms with van der Waals surface area (Å²) in [5, 5.41) is 0. The van der Waals surface area contributed by atoms with Crippen LogP contribution in [0.2, 0.25) is 0 Å². The summed E-state index contributed by atoms with van der Waals surface area (Å²) in [6, 6.07) is 0. The topological polar surface area (TPSA) is 17.1 Å². The number of carbonyl (C=O) groups is 1. The van der Waals surface area contributed by atoms with E-state index in [1.165, 1.54) is 32.1 Å². The minimum absolute atomic E-state index is 0.412. The summed E-state index contributed by atoms with van der Waals surface area (Å²) >= 11 is 0. The van der Waals surface area contributed by atoms with Crippen molar-refractivity contribution in [2.45, 2.75) is 85.5 Å². The number of unbranched alkanes of at least 4 members (excludes halogenated alkanes) is 4. The minimum Gasteiger partial charge on any atom is -0.300 e. The maximum absolute atomic E-state index is 10.6. The molecule has 0 rings (SSSR count). The SMILES string of the molecule is CCCC(=O)CCC.CCCCCCC. The molecule has 0 aromatic rings. The van der Waals surface area contributed by atoms with Crippen molar-refractivity contribution in [2.75, 3.05) is 0 Å². The molecule has 1 heteroatoms. The molecule has 0 aliphatic heterocycles. The molecule has 0 N–H and O–H groups in total. The number of Topliss-reactive ketones (excluding diaryl/α,β-unsaturated/α-hetero) is 1. The molecule has 0 heterocycles. The van der Waals surface area contributed by atoms with E-state index in [-0.39, 0.29) is 0 Å². The van der Waals surface area contributed by atoms with Crippen LogP contribution in [-0.2, 0) is 4.79 Å². The van der Waals surface area contributed by atoms with Crippen molar-refractivity contribution in [1.82, 2.24) is 0 Å². The molecule has 0 spiro atoms. The molecule has 0 bridgehead atoms. The van der Waals surface area contributed by atoms with Gasteiger partial charge in [-0.15, -0.1) is 0 Å². The van der Waals surface area contributed by atoms with Crippen molar-refractivity contribution in [3.05, 3.63) is 0 Å². The molecule has 0 unspecified atom stereocenters. The van der Waals surface area contributed by atoms with E-state index in [1.807, 2.05) is 13.8 Å². The predicted octanol–water partition coefficient (Wildman–Crippen LogP) is 5.13. The Bertz CT molecular complexity index is 107. The highest BCUT2D eigenvalue weighted by molar-refractivity contribution is 5.78. The van der Waals surface area contributed by atoms with Crippen LogP contribution in [0.3, 0.4) is 0 Å². The first-order chi connectivity index (χ1) is 7.22. The summed E-state index contributed by atoms with van der Waals surface area (Å²) < 4.78 is 0. The highest BCUT2D eigenvalue weighted by Gasteiger charge is 1.94. The molecule has 0 atom stereocenters. The summed E-state index contributed by atoms with van der Waals surface area (Å²) in [6.07, 6.45) is 10.5. The largest absolute Gasteiger partial charge is 0.300 e. The van der Waals surface area contributed by atoms with Gasteiger partial charge in [-0.25, -0.2) is 0 Å². The number of hydrogen-bond acceptors (Lipinski definition) is 1. The highest BCUT2D eigenvalue weighted by atomic mass is 16.1. The third-order valence-electron chi connectivity index (χ3n) is 2.26. The van der Waals surface area contributed by atoms with Gasteiger partial charge in [-0.1, -0.05) is 59.8 Å². The lowest BCUT2D eigenvalue weighted by Crippen LogP contribution is -1.93. The van der Waals surface area contributed by atoms with Crippen LogP contribution in [0.25, 0.3) is 0 Å². The molecule has 0 fully saturated rings. The summed E-state index contributed by atoms with van der Waals surface area (Å²) in [5.74, 6) is 0.412. The van der Waals surface area contributed by atoms with Gasteiger partial charge in [-0.2, -0.15) is 0 Å². The van der Waals surface area contributed by atoms with E-state index in [0.717, 1.165) is 25.7 Å². The number of carbonyl (C=O) groups excluding carboxylic acids is 1. The fourth-order valence-corrected chi connectivity index (χ4v) is 1.36. The second-order valence-corrected chi connectivity index (χ2v) is 4.10. The van der Waals surface area contributed by atoms with Crippen molar-refractivity contribution in [1.29, 1.82) is 0 Å². The lowest BCUT2D eigenvalue weighted by molar-refractivity contribution is -0.119. The molecular weight excluding hydrogens is 184 g/mol. The smallest absolute Gasteiger partial charge is 0.132 e. The van der Waals surface area contributed by atoms with Crippen LogP contribution in [0, 0.1) is 0 Å². The van der Waals surface area contributed by atoms with Gasteiger partial charge in [0.25, 0.3) is 0 Å². The molecule has 1 nitrogen and oxygen atoms in total. The average Bonchev–Trinajstić information content (AvgIpc) is 2.20. The van der Waals surface area contributed by atoms with Crippen molar-refractivity contribution < 1.29 is 4.79 Å². The van der Waals surface area contributed by atoms with Gasteiger partial charge in [0.1, 0.15) is 5.78 Å². The monoisotopic (exact) mass is 214 g/mol. The predicted molar refractivity (Wildman–Crippen MR) is 69.3 cm³/mol. The molecule has 92 valence electrons. The number of rotatable bonds is 8. The van der Waals surface area contributed by atoms with E-state index in [4.69, 9.17) is 0 Å². The van der Waals surface area contributed by atoms with E-state index < -0.39 is 0 Å². The second-order valence-electron chi connectivity index (χ2n) is 4.10. The van der Waals surface area contributed by atoms with E-state index in [9.17, 15) is 4.79 Å². The molecule has 15 heavy (non-hydrogen) atoms. The zero-order valence-electron chi connectivity index (χ0n) is 11.3. The van der Waals surface area contributed by atoms with Crippen LogP contribution in [-0.4, -0.2) is 5.78 Å². The Hall–Kier alpha value is -0.330. The van der Waals surface area contributed by atoms with Crippen LogP contribution in [0.15, 0.2) is 0 Å². The standard InChI is InChI=1S/C7H14O.C7H16/c1-3-5-7(8)6-4-2;1-3-5-7-6-4-2/h3-6H2,1-2H3;3-7H2,1-2H3. The van der Waals surface area contributed by atoms with Crippen molar-refractivity contribution in [3.8, 4) is 0 Å². The lowest BCUT2D eigenvalue weighted by Gasteiger charge is -1.91. The molecule has 0 aliphatic carbocycles. The van der Waals surface area contributed by atoms with Gasteiger partial charge in [-0.05, 0) is 12.8 Å². The fourth-order valence-electron chi connectivity index (χ4n) is 1.36. The van der Waals surface area contributed by atoms with Gasteiger partial charge < -0.3 is 0 Å². The molecule has 0 amide bonds. The summed E-state index contributed by atoms with van der Waals surface area (Å²) in [6.45, 7) is 8.56. The first kappa shape index (κ1) is 17.1. The Morgan fingerprint density at radius 1 is 0.667 bits per heavy atom. The van der Waals surface area contributed by atoms with Gasteiger partial charge in [0, 0.05) is 12.8 Å². The molecule has 0 aliphatic rings. The van der Waals surface area contributed by atoms with Gasteiger partial charge in [0.15, 0.2) is 0 Å². The fraction of sp³-hybridized carbons (Fsp3) is 0.929. The van der Waals surface area contributed by atoms with Crippen molar-refractivity contribution in [3.63, 3.8) is 0 Å². The Morgan fingerprint density at radius 3 is 1.33 bits per heavy atom. The molecular formula is C14H30O.